The Morgan fingerprint density at radius 1 is 1.50 bits per heavy atom. The molecule has 0 atom stereocenters. The fourth-order valence-electron chi connectivity index (χ4n) is 0.491. The van der Waals surface area contributed by atoms with Crippen molar-refractivity contribution in [3.8, 4) is 0 Å². The standard InChI is InChI=1S/C5H6N2.C2H6O3S2/c6-5-3-1-2-4-7-5;3-7(4,5)2-1-6/h1-4H,(H2,6,7);6H,1-2H2,(H,3,4,5). The lowest BCUT2D eigenvalue weighted by Gasteiger charge is -1.85. The molecule has 0 fully saturated rings. The quantitative estimate of drug-likeness (QED) is 0.512. The molecule has 0 unspecified atom stereocenters. The van der Waals surface area contributed by atoms with Crippen LogP contribution in [0, 0.1) is 0 Å². The highest BCUT2D eigenvalue weighted by Gasteiger charge is 1.98. The Bertz CT molecular complexity index is 339. The van der Waals surface area contributed by atoms with Gasteiger partial charge in [-0.25, -0.2) is 4.98 Å². The van der Waals surface area contributed by atoms with E-state index in [1.54, 1.807) is 12.3 Å². The second kappa shape index (κ2) is 6.63. The molecule has 0 aromatic carbocycles. The summed E-state index contributed by atoms with van der Waals surface area (Å²) in [6, 6.07) is 5.43. The van der Waals surface area contributed by atoms with Gasteiger partial charge in [-0.1, -0.05) is 6.07 Å². The van der Waals surface area contributed by atoms with E-state index in [-0.39, 0.29) is 11.5 Å². The second-order valence-corrected chi connectivity index (χ2v) is 4.28. The van der Waals surface area contributed by atoms with Crippen molar-refractivity contribution in [2.24, 2.45) is 0 Å². The van der Waals surface area contributed by atoms with Gasteiger partial charge in [0.2, 0.25) is 0 Å². The second-order valence-electron chi connectivity index (χ2n) is 2.26. The van der Waals surface area contributed by atoms with Crippen molar-refractivity contribution in [1.29, 1.82) is 0 Å². The monoisotopic (exact) mass is 236 g/mol. The van der Waals surface area contributed by atoms with Crippen LogP contribution in [0.5, 0.6) is 0 Å². The van der Waals surface area contributed by atoms with Crippen LogP contribution in [0.15, 0.2) is 24.4 Å². The summed E-state index contributed by atoms with van der Waals surface area (Å²) in [6.45, 7) is 0. The Morgan fingerprint density at radius 2 is 2.14 bits per heavy atom. The Hall–Kier alpha value is -0.790. The minimum Gasteiger partial charge on any atom is -0.384 e. The molecule has 3 N–H and O–H groups in total. The van der Waals surface area contributed by atoms with Gasteiger partial charge < -0.3 is 5.73 Å². The van der Waals surface area contributed by atoms with Gasteiger partial charge in [0.1, 0.15) is 5.82 Å². The zero-order chi connectivity index (χ0) is 11.0. The van der Waals surface area contributed by atoms with Crippen LogP contribution in [0.3, 0.4) is 0 Å². The van der Waals surface area contributed by atoms with E-state index in [1.807, 2.05) is 12.1 Å². The molecule has 0 aliphatic carbocycles. The van der Waals surface area contributed by atoms with Gasteiger partial charge >= 0.3 is 0 Å². The normalized spacial score (nSPS) is 10.1. The van der Waals surface area contributed by atoms with Crippen molar-refractivity contribution >= 4 is 28.6 Å². The average Bonchev–Trinajstić information content (AvgIpc) is 2.04. The highest BCUT2D eigenvalue weighted by atomic mass is 32.2. The number of nitrogen functional groups attached to an aromatic ring is 1. The maximum Gasteiger partial charge on any atom is 0.265 e. The Balaban J connectivity index is 0.000000241. The van der Waals surface area contributed by atoms with Crippen LogP contribution < -0.4 is 5.73 Å². The zero-order valence-corrected chi connectivity index (χ0v) is 9.08. The molecule has 0 aliphatic heterocycles. The topological polar surface area (TPSA) is 93.3 Å². The maximum absolute atomic E-state index is 9.74. The lowest BCUT2D eigenvalue weighted by atomic mass is 10.5. The number of hydrogen-bond donors (Lipinski definition) is 3. The Kier molecular flexibility index (Phi) is 6.26. The number of nitrogens with two attached hydrogens (primary N) is 1. The first kappa shape index (κ1) is 13.2. The first-order chi connectivity index (χ1) is 6.45. The van der Waals surface area contributed by atoms with Crippen LogP contribution >= 0.6 is 12.6 Å². The van der Waals surface area contributed by atoms with E-state index in [9.17, 15) is 8.42 Å². The minimum atomic E-state index is -3.75. The first-order valence-corrected chi connectivity index (χ1v) is 5.92. The van der Waals surface area contributed by atoms with Crippen molar-refractivity contribution in [2.75, 3.05) is 17.2 Å². The zero-order valence-electron chi connectivity index (χ0n) is 7.37. The number of anilines is 1. The third-order valence-corrected chi connectivity index (χ3v) is 2.28. The summed E-state index contributed by atoms with van der Waals surface area (Å²) in [4.78, 5) is 3.76. The Morgan fingerprint density at radius 3 is 2.29 bits per heavy atom. The van der Waals surface area contributed by atoms with Crippen LogP contribution in [0.25, 0.3) is 0 Å². The number of rotatable bonds is 2. The molecule has 0 aliphatic rings. The molecule has 0 spiro atoms. The van der Waals surface area contributed by atoms with E-state index in [4.69, 9.17) is 10.3 Å². The van der Waals surface area contributed by atoms with Gasteiger partial charge in [-0.2, -0.15) is 21.0 Å². The molecular formula is C7H12N2O3S2. The van der Waals surface area contributed by atoms with Crippen molar-refractivity contribution in [3.05, 3.63) is 24.4 Å². The average molecular weight is 236 g/mol. The Labute approximate surface area is 88.5 Å². The molecule has 5 nitrogen and oxygen atoms in total. The predicted molar refractivity (Wildman–Crippen MR) is 58.9 cm³/mol. The summed E-state index contributed by atoms with van der Waals surface area (Å²) in [6.07, 6.45) is 1.66. The lowest BCUT2D eigenvalue weighted by molar-refractivity contribution is 0.485. The van der Waals surface area contributed by atoms with E-state index in [1.165, 1.54) is 0 Å². The lowest BCUT2D eigenvalue weighted by Crippen LogP contribution is -2.03. The molecule has 1 aromatic heterocycles. The molecule has 0 radical (unpaired) electrons. The third kappa shape index (κ3) is 9.30. The van der Waals surface area contributed by atoms with Crippen LogP contribution in [0.1, 0.15) is 0 Å². The smallest absolute Gasteiger partial charge is 0.265 e. The van der Waals surface area contributed by atoms with Gasteiger partial charge in [-0.15, -0.1) is 0 Å². The molecule has 14 heavy (non-hydrogen) atoms. The predicted octanol–water partition coefficient (Wildman–Crippen LogP) is 0.468. The van der Waals surface area contributed by atoms with Crippen LogP contribution in [0.4, 0.5) is 5.82 Å². The SMILES string of the molecule is Nc1ccccn1.O=S(=O)(O)CCS. The summed E-state index contributed by atoms with van der Waals surface area (Å²) < 4.78 is 27.4. The van der Waals surface area contributed by atoms with Crippen LogP contribution in [-0.2, 0) is 10.1 Å². The molecular weight excluding hydrogens is 224 g/mol. The summed E-state index contributed by atoms with van der Waals surface area (Å²) in [5, 5.41) is 0. The van der Waals surface area contributed by atoms with Crippen molar-refractivity contribution in [2.45, 2.75) is 0 Å². The highest BCUT2D eigenvalue weighted by Crippen LogP contribution is 1.89. The molecule has 0 saturated carbocycles. The largest absolute Gasteiger partial charge is 0.384 e. The first-order valence-electron chi connectivity index (χ1n) is 3.68. The van der Waals surface area contributed by atoms with Crippen LogP contribution in [-0.4, -0.2) is 29.5 Å². The number of hydrogen-bond acceptors (Lipinski definition) is 5. The fraction of sp³-hybridized carbons (Fsp3) is 0.286. The van der Waals surface area contributed by atoms with Gasteiger partial charge in [-0.3, -0.25) is 4.55 Å². The van der Waals surface area contributed by atoms with E-state index in [2.05, 4.69) is 17.6 Å². The molecule has 1 heterocycles. The number of nitrogens with zero attached hydrogens (tertiary/aromatic N) is 1. The van der Waals surface area contributed by atoms with Crippen LogP contribution in [0.2, 0.25) is 0 Å². The number of thiol groups is 1. The van der Waals surface area contributed by atoms with Crippen molar-refractivity contribution in [3.63, 3.8) is 0 Å². The summed E-state index contributed by atoms with van der Waals surface area (Å²) >= 11 is 3.57. The molecule has 1 rings (SSSR count). The minimum absolute atomic E-state index is 0.166. The molecule has 0 amide bonds. The fourth-order valence-corrected chi connectivity index (χ4v) is 1.41. The van der Waals surface area contributed by atoms with E-state index < -0.39 is 10.1 Å². The summed E-state index contributed by atoms with van der Waals surface area (Å²) in [5.74, 6) is 0.470. The molecule has 0 saturated heterocycles. The summed E-state index contributed by atoms with van der Waals surface area (Å²) in [7, 11) is -3.75. The van der Waals surface area contributed by atoms with Gasteiger partial charge in [0.25, 0.3) is 10.1 Å². The number of aromatic nitrogens is 1. The van der Waals surface area contributed by atoms with Crippen molar-refractivity contribution < 1.29 is 13.0 Å². The van der Waals surface area contributed by atoms with E-state index in [0.29, 0.717) is 5.82 Å². The van der Waals surface area contributed by atoms with E-state index >= 15 is 0 Å². The molecule has 7 heteroatoms. The highest BCUT2D eigenvalue weighted by molar-refractivity contribution is 7.87. The van der Waals surface area contributed by atoms with Gasteiger partial charge in [0.15, 0.2) is 0 Å². The maximum atomic E-state index is 9.74. The third-order valence-electron chi connectivity index (χ3n) is 1.04. The number of pyridine rings is 1. The van der Waals surface area contributed by atoms with Gasteiger partial charge in [0.05, 0.1) is 5.75 Å². The van der Waals surface area contributed by atoms with Crippen molar-refractivity contribution in [1.82, 2.24) is 4.98 Å². The van der Waals surface area contributed by atoms with E-state index in [0.717, 1.165) is 0 Å². The molecule has 0 bridgehead atoms. The van der Waals surface area contributed by atoms with Gasteiger partial charge in [0, 0.05) is 11.9 Å². The molecule has 1 aromatic rings. The van der Waals surface area contributed by atoms with Gasteiger partial charge in [-0.05, 0) is 12.1 Å². The summed E-state index contributed by atoms with van der Waals surface area (Å²) in [5.41, 5.74) is 5.25. The molecule has 80 valence electrons.